The van der Waals surface area contributed by atoms with Crippen molar-refractivity contribution in [2.75, 3.05) is 12.9 Å². The number of ether oxygens (including phenoxy) is 1. The number of hydrogen-bond acceptors (Lipinski definition) is 6. The van der Waals surface area contributed by atoms with Crippen molar-refractivity contribution >= 4 is 11.8 Å². The van der Waals surface area contributed by atoms with Crippen molar-refractivity contribution in [1.82, 2.24) is 20.2 Å². The van der Waals surface area contributed by atoms with Crippen molar-refractivity contribution in [2.24, 2.45) is 5.73 Å². The zero-order valence-corrected chi connectivity index (χ0v) is 12.1. The predicted octanol–water partition coefficient (Wildman–Crippen LogP) is 1.81. The Morgan fingerprint density at radius 2 is 2.15 bits per heavy atom. The summed E-state index contributed by atoms with van der Waals surface area (Å²) in [6, 6.07) is 8.28. The van der Waals surface area contributed by atoms with Gasteiger partial charge in [-0.15, -0.1) is 5.10 Å². The molecule has 2 N–H and O–H groups in total. The summed E-state index contributed by atoms with van der Waals surface area (Å²) >= 11 is 1.61. The lowest BCUT2D eigenvalue weighted by Gasteiger charge is -2.11. The minimum atomic E-state index is -0.0461. The van der Waals surface area contributed by atoms with Gasteiger partial charge in [0.05, 0.1) is 13.2 Å². The summed E-state index contributed by atoms with van der Waals surface area (Å²) in [7, 11) is 1.66. The van der Waals surface area contributed by atoms with Crippen LogP contribution in [0.15, 0.2) is 29.4 Å². The highest BCUT2D eigenvalue weighted by atomic mass is 32.2. The summed E-state index contributed by atoms with van der Waals surface area (Å²) in [5.74, 6) is 1.59. The highest BCUT2D eigenvalue weighted by molar-refractivity contribution is 7.99. The summed E-state index contributed by atoms with van der Waals surface area (Å²) in [5, 5.41) is 12.7. The Labute approximate surface area is 121 Å². The van der Waals surface area contributed by atoms with Crippen molar-refractivity contribution in [3.8, 4) is 5.75 Å². The van der Waals surface area contributed by atoms with Crippen LogP contribution in [-0.2, 0) is 0 Å². The third-order valence-corrected chi connectivity index (χ3v) is 4.34. The van der Waals surface area contributed by atoms with E-state index in [9.17, 15) is 0 Å². The van der Waals surface area contributed by atoms with E-state index >= 15 is 0 Å². The van der Waals surface area contributed by atoms with Crippen LogP contribution in [0.4, 0.5) is 0 Å². The molecule has 1 aliphatic carbocycles. The molecular weight excluding hydrogens is 274 g/mol. The third-order valence-electron chi connectivity index (χ3n) is 3.29. The van der Waals surface area contributed by atoms with Gasteiger partial charge >= 0.3 is 0 Å². The monoisotopic (exact) mass is 291 g/mol. The van der Waals surface area contributed by atoms with Crippen molar-refractivity contribution in [2.45, 2.75) is 30.1 Å². The minimum absolute atomic E-state index is 0.0461. The van der Waals surface area contributed by atoms with Crippen LogP contribution in [0.25, 0.3) is 0 Å². The van der Waals surface area contributed by atoms with Crippen molar-refractivity contribution in [3.05, 3.63) is 29.8 Å². The molecule has 3 rings (SSSR count). The SMILES string of the molecule is COc1ccc(C(N)CSc2nnnn2C2CC2)cc1. The summed E-state index contributed by atoms with van der Waals surface area (Å²) in [5.41, 5.74) is 7.29. The molecule has 0 radical (unpaired) electrons. The average molecular weight is 291 g/mol. The van der Waals surface area contributed by atoms with Crippen LogP contribution < -0.4 is 10.5 Å². The molecule has 7 heteroatoms. The molecule has 20 heavy (non-hydrogen) atoms. The van der Waals surface area contributed by atoms with Gasteiger partial charge in [-0.2, -0.15) is 0 Å². The lowest BCUT2D eigenvalue weighted by molar-refractivity contribution is 0.414. The lowest BCUT2D eigenvalue weighted by Crippen LogP contribution is -2.13. The summed E-state index contributed by atoms with van der Waals surface area (Å²) in [4.78, 5) is 0. The molecule has 1 unspecified atom stereocenters. The molecular formula is C13H17N5OS. The fourth-order valence-electron chi connectivity index (χ4n) is 1.94. The van der Waals surface area contributed by atoms with Crippen LogP contribution in [0.5, 0.6) is 5.75 Å². The van der Waals surface area contributed by atoms with Crippen LogP contribution in [0, 0.1) is 0 Å². The minimum Gasteiger partial charge on any atom is -0.497 e. The normalized spacial score (nSPS) is 16.1. The van der Waals surface area contributed by atoms with E-state index in [0.717, 1.165) is 22.2 Å². The standard InChI is InChI=1S/C13H17N5OS/c1-19-11-6-2-9(3-7-11)12(14)8-20-13-15-16-17-18(13)10-4-5-10/h2-3,6-7,10,12H,4-5,8,14H2,1H3. The molecule has 1 atom stereocenters. The maximum absolute atomic E-state index is 6.21. The van der Waals surface area contributed by atoms with Gasteiger partial charge in [0.25, 0.3) is 0 Å². The third kappa shape index (κ3) is 2.94. The zero-order chi connectivity index (χ0) is 13.9. The van der Waals surface area contributed by atoms with E-state index in [1.807, 2.05) is 28.9 Å². The van der Waals surface area contributed by atoms with Crippen molar-refractivity contribution in [3.63, 3.8) is 0 Å². The first-order valence-electron chi connectivity index (χ1n) is 6.58. The molecule has 1 aliphatic rings. The van der Waals surface area contributed by atoms with Crippen LogP contribution >= 0.6 is 11.8 Å². The van der Waals surface area contributed by atoms with Gasteiger partial charge in [0.2, 0.25) is 5.16 Å². The molecule has 0 saturated heterocycles. The maximum atomic E-state index is 6.21. The van der Waals surface area contributed by atoms with Gasteiger partial charge in [-0.05, 0) is 41.0 Å². The Hall–Kier alpha value is -1.60. The highest BCUT2D eigenvalue weighted by Gasteiger charge is 2.28. The quantitative estimate of drug-likeness (QED) is 0.818. The Morgan fingerprint density at radius 1 is 1.40 bits per heavy atom. The summed E-state index contributed by atoms with van der Waals surface area (Å²) in [6.07, 6.45) is 2.34. The topological polar surface area (TPSA) is 78.8 Å². The molecule has 0 amide bonds. The van der Waals surface area contributed by atoms with Gasteiger partial charge in [0.1, 0.15) is 5.75 Å². The number of rotatable bonds is 6. The summed E-state index contributed by atoms with van der Waals surface area (Å²) < 4.78 is 7.05. The number of thioether (sulfide) groups is 1. The van der Waals surface area contributed by atoms with Crippen LogP contribution in [0.3, 0.4) is 0 Å². The number of benzene rings is 1. The predicted molar refractivity (Wildman–Crippen MR) is 76.7 cm³/mol. The molecule has 2 aromatic rings. The second-order valence-corrected chi connectivity index (χ2v) is 5.82. The van der Waals surface area contributed by atoms with Gasteiger partial charge in [-0.25, -0.2) is 4.68 Å². The van der Waals surface area contributed by atoms with E-state index in [1.54, 1.807) is 18.9 Å². The number of aromatic nitrogens is 4. The van der Waals surface area contributed by atoms with Crippen molar-refractivity contribution in [1.29, 1.82) is 0 Å². The molecule has 6 nitrogen and oxygen atoms in total. The smallest absolute Gasteiger partial charge is 0.209 e. The van der Waals surface area contributed by atoms with E-state index in [4.69, 9.17) is 10.5 Å². The van der Waals surface area contributed by atoms with Gasteiger partial charge < -0.3 is 10.5 Å². The lowest BCUT2D eigenvalue weighted by atomic mass is 10.1. The fourth-order valence-corrected chi connectivity index (χ4v) is 2.87. The zero-order valence-electron chi connectivity index (χ0n) is 11.3. The molecule has 1 saturated carbocycles. The molecule has 1 aromatic heterocycles. The second kappa shape index (κ2) is 5.80. The van der Waals surface area contributed by atoms with E-state index < -0.39 is 0 Å². The first kappa shape index (κ1) is 13.4. The number of nitrogens with two attached hydrogens (primary N) is 1. The van der Waals surface area contributed by atoms with Gasteiger partial charge in [-0.1, -0.05) is 23.9 Å². The number of tetrazole rings is 1. The first-order chi connectivity index (χ1) is 9.78. The van der Waals surface area contributed by atoms with E-state index in [1.165, 1.54) is 12.8 Å². The maximum Gasteiger partial charge on any atom is 0.209 e. The van der Waals surface area contributed by atoms with Gasteiger partial charge in [0.15, 0.2) is 0 Å². The molecule has 106 valence electrons. The molecule has 1 fully saturated rings. The van der Waals surface area contributed by atoms with Crippen LogP contribution in [0.1, 0.15) is 30.5 Å². The Bertz CT molecular complexity index is 566. The average Bonchev–Trinajstić information content (AvgIpc) is 3.23. The molecule has 0 bridgehead atoms. The van der Waals surface area contributed by atoms with Gasteiger partial charge in [-0.3, -0.25) is 0 Å². The number of nitrogens with zero attached hydrogens (tertiary/aromatic N) is 4. The second-order valence-electron chi connectivity index (χ2n) is 4.83. The summed E-state index contributed by atoms with van der Waals surface area (Å²) in [6.45, 7) is 0. The van der Waals surface area contributed by atoms with Crippen LogP contribution in [-0.4, -0.2) is 33.1 Å². The Kier molecular flexibility index (Phi) is 3.88. The fraction of sp³-hybridized carbons (Fsp3) is 0.462. The first-order valence-corrected chi connectivity index (χ1v) is 7.56. The Balaban J connectivity index is 1.60. The number of methoxy groups -OCH3 is 1. The van der Waals surface area contributed by atoms with Gasteiger partial charge in [0, 0.05) is 11.8 Å². The van der Waals surface area contributed by atoms with E-state index in [0.29, 0.717) is 6.04 Å². The number of hydrogen-bond donors (Lipinski definition) is 1. The van der Waals surface area contributed by atoms with E-state index in [2.05, 4.69) is 15.5 Å². The highest BCUT2D eigenvalue weighted by Crippen LogP contribution is 2.36. The molecule has 1 heterocycles. The van der Waals surface area contributed by atoms with Crippen LogP contribution in [0.2, 0.25) is 0 Å². The van der Waals surface area contributed by atoms with E-state index in [-0.39, 0.29) is 6.04 Å². The Morgan fingerprint density at radius 3 is 2.80 bits per heavy atom. The molecule has 1 aromatic carbocycles. The largest absolute Gasteiger partial charge is 0.497 e. The molecule has 0 spiro atoms. The van der Waals surface area contributed by atoms with Crippen molar-refractivity contribution < 1.29 is 4.74 Å². The molecule has 0 aliphatic heterocycles.